The fourth-order valence-electron chi connectivity index (χ4n) is 3.79. The third-order valence-corrected chi connectivity index (χ3v) is 5.21. The molecule has 1 aliphatic heterocycles. The Hall–Kier alpha value is -0.570. The van der Waals surface area contributed by atoms with Crippen LogP contribution < -0.4 is 5.32 Å². The molecule has 1 saturated carbocycles. The van der Waals surface area contributed by atoms with E-state index in [4.69, 9.17) is 11.6 Å². The maximum absolute atomic E-state index is 6.32. The normalized spacial score (nSPS) is 23.6. The van der Waals surface area contributed by atoms with Crippen LogP contribution >= 0.6 is 11.6 Å². The Labute approximate surface area is 127 Å². The van der Waals surface area contributed by atoms with E-state index in [2.05, 4.69) is 22.3 Å². The Morgan fingerprint density at radius 3 is 2.70 bits per heavy atom. The van der Waals surface area contributed by atoms with Crippen molar-refractivity contribution < 1.29 is 0 Å². The Balaban J connectivity index is 1.70. The van der Waals surface area contributed by atoms with E-state index < -0.39 is 0 Å². The Kier molecular flexibility index (Phi) is 4.65. The molecule has 110 valence electrons. The number of hydrogen-bond acceptors (Lipinski definition) is 2. The summed E-state index contributed by atoms with van der Waals surface area (Å²) in [4.78, 5) is 2.60. The van der Waals surface area contributed by atoms with Gasteiger partial charge in [-0.15, -0.1) is 0 Å². The molecule has 1 aromatic carbocycles. The Morgan fingerprint density at radius 2 is 1.90 bits per heavy atom. The number of hydrogen-bond donors (Lipinski definition) is 1. The zero-order valence-corrected chi connectivity index (χ0v) is 13.0. The molecule has 0 radical (unpaired) electrons. The highest BCUT2D eigenvalue weighted by molar-refractivity contribution is 6.31. The molecule has 20 heavy (non-hydrogen) atoms. The van der Waals surface area contributed by atoms with Crippen LogP contribution in [-0.4, -0.2) is 30.1 Å². The molecule has 3 heteroatoms. The van der Waals surface area contributed by atoms with Gasteiger partial charge in [0.1, 0.15) is 0 Å². The predicted octanol–water partition coefficient (Wildman–Crippen LogP) is 3.84. The van der Waals surface area contributed by atoms with E-state index in [1.807, 2.05) is 12.1 Å². The van der Waals surface area contributed by atoms with E-state index in [0.29, 0.717) is 5.54 Å². The van der Waals surface area contributed by atoms with Gasteiger partial charge in [-0.1, -0.05) is 49.1 Å². The summed E-state index contributed by atoms with van der Waals surface area (Å²) in [6.07, 6.45) is 8.10. The summed E-state index contributed by atoms with van der Waals surface area (Å²) < 4.78 is 0. The monoisotopic (exact) mass is 292 g/mol. The first-order valence-corrected chi connectivity index (χ1v) is 8.36. The summed E-state index contributed by atoms with van der Waals surface area (Å²) >= 11 is 6.32. The van der Waals surface area contributed by atoms with Crippen molar-refractivity contribution in [2.24, 2.45) is 0 Å². The second-order valence-electron chi connectivity index (χ2n) is 6.42. The largest absolute Gasteiger partial charge is 0.310 e. The highest BCUT2D eigenvalue weighted by Crippen LogP contribution is 2.31. The topological polar surface area (TPSA) is 15.3 Å². The number of nitrogens with zero attached hydrogens (tertiary/aromatic N) is 1. The molecule has 0 amide bonds. The van der Waals surface area contributed by atoms with Crippen LogP contribution in [0.15, 0.2) is 24.3 Å². The van der Waals surface area contributed by atoms with Gasteiger partial charge in [0.15, 0.2) is 0 Å². The standard InChI is InChI=1S/C17H25ClN2/c18-16-8-3-2-7-15(16)13-20-12-6-11-19-17(14-20)9-4-1-5-10-17/h2-3,7-8,19H,1,4-6,9-14H2. The lowest BCUT2D eigenvalue weighted by Gasteiger charge is -2.40. The van der Waals surface area contributed by atoms with Crippen LogP contribution in [0.1, 0.15) is 44.1 Å². The molecule has 3 rings (SSSR count). The Morgan fingerprint density at radius 1 is 1.10 bits per heavy atom. The summed E-state index contributed by atoms with van der Waals surface area (Å²) in [6.45, 7) is 4.51. The van der Waals surface area contributed by atoms with Gasteiger partial charge >= 0.3 is 0 Å². The highest BCUT2D eigenvalue weighted by Gasteiger charge is 2.34. The van der Waals surface area contributed by atoms with Crippen molar-refractivity contribution in [3.05, 3.63) is 34.9 Å². The SMILES string of the molecule is Clc1ccccc1CN1CCCNC2(CCCCC2)C1. The summed E-state index contributed by atoms with van der Waals surface area (Å²) in [7, 11) is 0. The number of benzene rings is 1. The van der Waals surface area contributed by atoms with Crippen LogP contribution in [0.3, 0.4) is 0 Å². The lowest BCUT2D eigenvalue weighted by molar-refractivity contribution is 0.159. The van der Waals surface area contributed by atoms with Gasteiger partial charge < -0.3 is 5.32 Å². The molecule has 1 saturated heterocycles. The van der Waals surface area contributed by atoms with Crippen molar-refractivity contribution in [1.29, 1.82) is 0 Å². The molecule has 1 heterocycles. The van der Waals surface area contributed by atoms with Gasteiger partial charge in [0.25, 0.3) is 0 Å². The van der Waals surface area contributed by atoms with Crippen molar-refractivity contribution in [3.8, 4) is 0 Å². The zero-order chi connectivity index (χ0) is 13.8. The minimum absolute atomic E-state index is 0.371. The second-order valence-corrected chi connectivity index (χ2v) is 6.83. The third-order valence-electron chi connectivity index (χ3n) is 4.84. The molecule has 1 N–H and O–H groups in total. The summed E-state index contributed by atoms with van der Waals surface area (Å²) in [5, 5.41) is 4.76. The zero-order valence-electron chi connectivity index (χ0n) is 12.2. The van der Waals surface area contributed by atoms with Crippen LogP contribution in [0.5, 0.6) is 0 Å². The van der Waals surface area contributed by atoms with Crippen molar-refractivity contribution in [2.75, 3.05) is 19.6 Å². The van der Waals surface area contributed by atoms with Gasteiger partial charge in [0, 0.05) is 23.7 Å². The molecule has 2 nitrogen and oxygen atoms in total. The smallest absolute Gasteiger partial charge is 0.0451 e. The first-order chi connectivity index (χ1) is 9.77. The quantitative estimate of drug-likeness (QED) is 0.891. The first-order valence-electron chi connectivity index (χ1n) is 7.98. The number of halogens is 1. The van der Waals surface area contributed by atoms with Gasteiger partial charge in [0.2, 0.25) is 0 Å². The lowest BCUT2D eigenvalue weighted by atomic mass is 9.81. The minimum atomic E-state index is 0.371. The predicted molar refractivity (Wildman–Crippen MR) is 85.2 cm³/mol. The van der Waals surface area contributed by atoms with E-state index in [0.717, 1.165) is 11.6 Å². The van der Waals surface area contributed by atoms with Crippen molar-refractivity contribution >= 4 is 11.6 Å². The van der Waals surface area contributed by atoms with Crippen molar-refractivity contribution in [3.63, 3.8) is 0 Å². The molecule has 0 bridgehead atoms. The maximum atomic E-state index is 6.32. The first kappa shape index (κ1) is 14.4. The fraction of sp³-hybridized carbons (Fsp3) is 0.647. The third kappa shape index (κ3) is 3.36. The van der Waals surface area contributed by atoms with Crippen LogP contribution in [0.25, 0.3) is 0 Å². The molecular formula is C17H25ClN2. The maximum Gasteiger partial charge on any atom is 0.0451 e. The van der Waals surface area contributed by atoms with Gasteiger partial charge in [-0.2, -0.15) is 0 Å². The molecule has 0 aromatic heterocycles. The average molecular weight is 293 g/mol. The minimum Gasteiger partial charge on any atom is -0.310 e. The number of rotatable bonds is 2. The van der Waals surface area contributed by atoms with E-state index in [1.54, 1.807) is 0 Å². The average Bonchev–Trinajstić information content (AvgIpc) is 2.65. The van der Waals surface area contributed by atoms with Crippen LogP contribution in [-0.2, 0) is 6.54 Å². The summed E-state index contributed by atoms with van der Waals surface area (Å²) in [6, 6.07) is 8.27. The van der Waals surface area contributed by atoms with Crippen molar-refractivity contribution in [1.82, 2.24) is 10.2 Å². The lowest BCUT2D eigenvalue weighted by Crippen LogP contribution is -2.52. The van der Waals surface area contributed by atoms with Gasteiger partial charge in [0.05, 0.1) is 0 Å². The molecule has 0 unspecified atom stereocenters. The second kappa shape index (κ2) is 6.46. The molecule has 2 aliphatic rings. The summed E-state index contributed by atoms with van der Waals surface area (Å²) in [5.41, 5.74) is 1.64. The van der Waals surface area contributed by atoms with E-state index >= 15 is 0 Å². The molecule has 1 aromatic rings. The highest BCUT2D eigenvalue weighted by atomic mass is 35.5. The van der Waals surface area contributed by atoms with Crippen LogP contribution in [0.4, 0.5) is 0 Å². The molecular weight excluding hydrogens is 268 g/mol. The van der Waals surface area contributed by atoms with E-state index in [-0.39, 0.29) is 0 Å². The molecule has 0 atom stereocenters. The van der Waals surface area contributed by atoms with E-state index in [9.17, 15) is 0 Å². The van der Waals surface area contributed by atoms with Gasteiger partial charge in [-0.25, -0.2) is 0 Å². The van der Waals surface area contributed by atoms with Crippen LogP contribution in [0.2, 0.25) is 5.02 Å². The number of nitrogens with one attached hydrogen (secondary N) is 1. The molecule has 1 aliphatic carbocycles. The molecule has 1 spiro atoms. The Bertz CT molecular complexity index is 440. The van der Waals surface area contributed by atoms with Gasteiger partial charge in [-0.05, 0) is 44.0 Å². The summed E-state index contributed by atoms with van der Waals surface area (Å²) in [5.74, 6) is 0. The molecule has 2 fully saturated rings. The fourth-order valence-corrected chi connectivity index (χ4v) is 3.98. The van der Waals surface area contributed by atoms with Crippen LogP contribution in [0, 0.1) is 0 Å². The van der Waals surface area contributed by atoms with E-state index in [1.165, 1.54) is 63.7 Å². The van der Waals surface area contributed by atoms with Gasteiger partial charge in [-0.3, -0.25) is 4.90 Å². The van der Waals surface area contributed by atoms with Crippen molar-refractivity contribution in [2.45, 2.75) is 50.6 Å².